The summed E-state index contributed by atoms with van der Waals surface area (Å²) in [4.78, 5) is 20.6. The van der Waals surface area contributed by atoms with E-state index in [9.17, 15) is 4.79 Å². The first-order chi connectivity index (χ1) is 11.6. The fourth-order valence-corrected chi connectivity index (χ4v) is 3.94. The fourth-order valence-electron chi connectivity index (χ4n) is 3.00. The molecule has 2 unspecified atom stereocenters. The summed E-state index contributed by atoms with van der Waals surface area (Å²) in [5.41, 5.74) is 1.23. The third-order valence-corrected chi connectivity index (χ3v) is 5.46. The summed E-state index contributed by atoms with van der Waals surface area (Å²) in [5, 5.41) is 3.26. The van der Waals surface area contributed by atoms with E-state index >= 15 is 0 Å². The van der Waals surface area contributed by atoms with Crippen LogP contribution in [0, 0.1) is 6.92 Å². The van der Waals surface area contributed by atoms with Gasteiger partial charge in [0.1, 0.15) is 11.9 Å². The molecule has 3 rings (SSSR count). The molecule has 2 atom stereocenters. The van der Waals surface area contributed by atoms with Crippen molar-refractivity contribution >= 4 is 30.1 Å². The highest BCUT2D eigenvalue weighted by Crippen LogP contribution is 2.28. The first-order valence-corrected chi connectivity index (χ1v) is 9.16. The lowest BCUT2D eigenvalue weighted by Gasteiger charge is -2.37. The number of hydrogen-bond acceptors (Lipinski definition) is 4. The molecule has 25 heavy (non-hydrogen) atoms. The van der Waals surface area contributed by atoms with Gasteiger partial charge in [-0.3, -0.25) is 4.79 Å². The van der Waals surface area contributed by atoms with E-state index in [2.05, 4.69) is 41.5 Å². The molecule has 2 heterocycles. The maximum Gasteiger partial charge on any atom is 0.236 e. The van der Waals surface area contributed by atoms with Crippen LogP contribution in [-0.4, -0.2) is 45.2 Å². The van der Waals surface area contributed by atoms with Gasteiger partial charge in [-0.1, -0.05) is 17.7 Å². The van der Waals surface area contributed by atoms with Crippen LogP contribution in [0.5, 0.6) is 0 Å². The summed E-state index contributed by atoms with van der Waals surface area (Å²) < 4.78 is 2.00. The summed E-state index contributed by atoms with van der Waals surface area (Å²) in [5.74, 6) is 1.11. The van der Waals surface area contributed by atoms with Gasteiger partial charge in [-0.05, 0) is 26.0 Å². The lowest BCUT2D eigenvalue weighted by Crippen LogP contribution is -2.51. The average Bonchev–Trinajstić information content (AvgIpc) is 3.02. The van der Waals surface area contributed by atoms with Gasteiger partial charge in [0.25, 0.3) is 0 Å². The van der Waals surface area contributed by atoms with Gasteiger partial charge in [-0.25, -0.2) is 4.98 Å². The summed E-state index contributed by atoms with van der Waals surface area (Å²) in [6, 6.07) is 8.32. The number of amides is 1. The molecular weight excluding hydrogens is 356 g/mol. The van der Waals surface area contributed by atoms with Gasteiger partial charge < -0.3 is 14.8 Å². The van der Waals surface area contributed by atoms with Gasteiger partial charge in [0.2, 0.25) is 5.91 Å². The van der Waals surface area contributed by atoms with E-state index in [0.29, 0.717) is 0 Å². The minimum absolute atomic E-state index is 0. The molecule has 2 aromatic rings. The molecule has 0 spiro atoms. The number of aryl methyl sites for hydroxylation is 2. The van der Waals surface area contributed by atoms with Gasteiger partial charge in [-0.2, -0.15) is 0 Å². The normalized spacial score (nSPS) is 18.5. The Bertz CT molecular complexity index is 703. The van der Waals surface area contributed by atoms with Gasteiger partial charge in [-0.15, -0.1) is 24.2 Å². The van der Waals surface area contributed by atoms with Crippen molar-refractivity contribution in [2.45, 2.75) is 30.0 Å². The summed E-state index contributed by atoms with van der Waals surface area (Å²) in [6.45, 7) is 6.36. The van der Waals surface area contributed by atoms with Crippen LogP contribution in [-0.2, 0) is 11.8 Å². The van der Waals surface area contributed by atoms with Gasteiger partial charge in [0.05, 0.1) is 5.25 Å². The summed E-state index contributed by atoms with van der Waals surface area (Å²) >= 11 is 1.62. The van der Waals surface area contributed by atoms with Crippen molar-refractivity contribution in [2.75, 3.05) is 19.6 Å². The van der Waals surface area contributed by atoms with Crippen molar-refractivity contribution < 1.29 is 4.79 Å². The Balaban J connectivity index is 0.00000225. The van der Waals surface area contributed by atoms with Crippen LogP contribution in [0.15, 0.2) is 41.6 Å². The van der Waals surface area contributed by atoms with Crippen LogP contribution in [0.4, 0.5) is 0 Å². The number of rotatable bonds is 4. The monoisotopic (exact) mass is 380 g/mol. The smallest absolute Gasteiger partial charge is 0.236 e. The predicted molar refractivity (Wildman–Crippen MR) is 104 cm³/mol. The number of nitrogens with zero attached hydrogens (tertiary/aromatic N) is 3. The Morgan fingerprint density at radius 1 is 1.36 bits per heavy atom. The first kappa shape index (κ1) is 19.8. The molecule has 0 radical (unpaired) electrons. The Morgan fingerprint density at radius 2 is 2.08 bits per heavy atom. The maximum atomic E-state index is 13.0. The fraction of sp³-hybridized carbons (Fsp3) is 0.444. The zero-order valence-electron chi connectivity index (χ0n) is 14.8. The zero-order valence-corrected chi connectivity index (χ0v) is 16.4. The molecule has 1 N–H and O–H groups in total. The predicted octanol–water partition coefficient (Wildman–Crippen LogP) is 2.80. The topological polar surface area (TPSA) is 50.2 Å². The average molecular weight is 381 g/mol. The van der Waals surface area contributed by atoms with Crippen molar-refractivity contribution in [1.29, 1.82) is 0 Å². The molecule has 1 aromatic carbocycles. The number of nitrogens with one attached hydrogen (secondary N) is 1. The van der Waals surface area contributed by atoms with Crippen LogP contribution < -0.4 is 5.32 Å². The van der Waals surface area contributed by atoms with Crippen molar-refractivity contribution in [2.24, 2.45) is 7.05 Å². The van der Waals surface area contributed by atoms with E-state index in [1.807, 2.05) is 29.6 Å². The van der Waals surface area contributed by atoms with Crippen molar-refractivity contribution in [3.63, 3.8) is 0 Å². The molecule has 1 amide bonds. The molecule has 0 saturated carbocycles. The van der Waals surface area contributed by atoms with Crippen molar-refractivity contribution in [1.82, 2.24) is 19.8 Å². The molecule has 0 aliphatic carbocycles. The standard InChI is InChI=1S/C18H24N4OS.ClH/c1-13-4-6-15(7-5-13)24-14(2)18(23)22-11-8-19-12-16(22)17-20-9-10-21(17)3;/h4-7,9-10,14,16,19H,8,11-12H2,1-3H3;1H. The number of aromatic nitrogens is 2. The van der Waals surface area contributed by atoms with E-state index in [1.165, 1.54) is 5.56 Å². The maximum absolute atomic E-state index is 13.0. The molecule has 1 aromatic heterocycles. The minimum Gasteiger partial charge on any atom is -0.336 e. The Kier molecular flexibility index (Phi) is 6.93. The van der Waals surface area contributed by atoms with Crippen LogP contribution in [0.25, 0.3) is 0 Å². The molecule has 136 valence electrons. The van der Waals surface area contributed by atoms with Gasteiger partial charge in [0.15, 0.2) is 0 Å². The Labute approximate surface area is 159 Å². The van der Waals surface area contributed by atoms with Crippen molar-refractivity contribution in [3.05, 3.63) is 48.0 Å². The lowest BCUT2D eigenvalue weighted by molar-refractivity contribution is -0.133. The van der Waals surface area contributed by atoms with E-state index in [1.54, 1.807) is 18.0 Å². The molecule has 5 nitrogen and oxygen atoms in total. The van der Waals surface area contributed by atoms with E-state index in [-0.39, 0.29) is 29.6 Å². The molecule has 7 heteroatoms. The first-order valence-electron chi connectivity index (χ1n) is 8.28. The van der Waals surface area contributed by atoms with Crippen LogP contribution in [0.2, 0.25) is 0 Å². The highest BCUT2D eigenvalue weighted by Gasteiger charge is 2.32. The number of benzene rings is 1. The minimum atomic E-state index is -0.117. The molecule has 0 bridgehead atoms. The molecule has 1 saturated heterocycles. The van der Waals surface area contributed by atoms with Crippen LogP contribution >= 0.6 is 24.2 Å². The second-order valence-electron chi connectivity index (χ2n) is 6.22. The number of halogens is 1. The highest BCUT2D eigenvalue weighted by atomic mass is 35.5. The van der Waals surface area contributed by atoms with Crippen LogP contribution in [0.1, 0.15) is 24.4 Å². The number of hydrogen-bond donors (Lipinski definition) is 1. The summed E-state index contributed by atoms with van der Waals surface area (Å²) in [7, 11) is 1.98. The molecule has 1 fully saturated rings. The Morgan fingerprint density at radius 3 is 2.72 bits per heavy atom. The highest BCUT2D eigenvalue weighted by molar-refractivity contribution is 8.00. The number of carbonyl (C=O) groups excluding carboxylic acids is 1. The summed E-state index contributed by atoms with van der Waals surface area (Å²) in [6.07, 6.45) is 3.72. The second-order valence-corrected chi connectivity index (χ2v) is 7.64. The number of piperazine rings is 1. The zero-order chi connectivity index (χ0) is 17.1. The lowest BCUT2D eigenvalue weighted by atomic mass is 10.1. The molecular formula is C18H25ClN4OS. The molecule has 1 aliphatic heterocycles. The third-order valence-electron chi connectivity index (χ3n) is 4.36. The Hall–Kier alpha value is -1.50. The number of thioether (sulfide) groups is 1. The van der Waals surface area contributed by atoms with Crippen molar-refractivity contribution in [3.8, 4) is 0 Å². The van der Waals surface area contributed by atoms with E-state index in [0.717, 1.165) is 30.4 Å². The SMILES string of the molecule is Cc1ccc(SC(C)C(=O)N2CCNCC2c2nccn2C)cc1.Cl. The van der Waals surface area contributed by atoms with E-state index in [4.69, 9.17) is 0 Å². The second kappa shape index (κ2) is 8.74. The quantitative estimate of drug-likeness (QED) is 0.828. The number of carbonyl (C=O) groups is 1. The van der Waals surface area contributed by atoms with E-state index < -0.39 is 0 Å². The largest absolute Gasteiger partial charge is 0.336 e. The van der Waals surface area contributed by atoms with Crippen LogP contribution in [0.3, 0.4) is 0 Å². The third kappa shape index (κ3) is 4.57. The van der Waals surface area contributed by atoms with Gasteiger partial charge in [0, 0.05) is 44.0 Å². The van der Waals surface area contributed by atoms with Gasteiger partial charge >= 0.3 is 0 Å². The molecule has 1 aliphatic rings. The number of imidazole rings is 1.